The maximum absolute atomic E-state index is 11.8. The number of hydrogen-bond donors (Lipinski definition) is 2. The number of benzene rings is 1. The maximum atomic E-state index is 11.8. The van der Waals surface area contributed by atoms with Crippen LogP contribution in [-0.4, -0.2) is 54.5 Å². The molecule has 1 saturated heterocycles. The molecule has 1 fully saturated rings. The fourth-order valence-electron chi connectivity index (χ4n) is 3.67. The number of carboxylic acids is 1. The fourth-order valence-corrected chi connectivity index (χ4v) is 3.67. The first-order valence-corrected chi connectivity index (χ1v) is 10.4. The molecule has 1 aromatic rings. The number of aliphatic hydroxyl groups is 1. The molecular weight excluding hydrogens is 400 g/mol. The second-order valence-electron chi connectivity index (χ2n) is 8.25. The van der Waals surface area contributed by atoms with Crippen LogP contribution in [0.4, 0.5) is 0 Å². The van der Waals surface area contributed by atoms with Crippen LogP contribution in [-0.2, 0) is 9.47 Å². The molecule has 7 nitrogen and oxygen atoms in total. The van der Waals surface area contributed by atoms with Crippen molar-refractivity contribution in [2.75, 3.05) is 14.2 Å². The molecule has 0 bridgehead atoms. The summed E-state index contributed by atoms with van der Waals surface area (Å²) < 4.78 is 22.7. The van der Waals surface area contributed by atoms with Crippen LogP contribution >= 0.6 is 0 Å². The summed E-state index contributed by atoms with van der Waals surface area (Å²) in [6.45, 7) is 7.57. The molecule has 0 spiro atoms. The number of rotatable bonds is 10. The van der Waals surface area contributed by atoms with Gasteiger partial charge < -0.3 is 29.2 Å². The lowest BCUT2D eigenvalue weighted by Gasteiger charge is -2.20. The molecule has 0 saturated carbocycles. The van der Waals surface area contributed by atoms with E-state index >= 15 is 0 Å². The third-order valence-electron chi connectivity index (χ3n) is 5.10. The van der Waals surface area contributed by atoms with E-state index in [-0.39, 0.29) is 35.5 Å². The lowest BCUT2D eigenvalue weighted by Crippen LogP contribution is -2.28. The zero-order valence-corrected chi connectivity index (χ0v) is 19.1. The molecule has 0 amide bonds. The first kappa shape index (κ1) is 24.9. The number of hydrogen-bond acceptors (Lipinski definition) is 6. The second-order valence-corrected chi connectivity index (χ2v) is 8.25. The Morgan fingerprint density at radius 2 is 1.90 bits per heavy atom. The number of aromatic carboxylic acids is 1. The molecule has 7 heteroatoms. The molecule has 0 radical (unpaired) electrons. The van der Waals surface area contributed by atoms with Gasteiger partial charge in [-0.1, -0.05) is 31.2 Å². The first-order valence-electron chi connectivity index (χ1n) is 10.4. The summed E-state index contributed by atoms with van der Waals surface area (Å²) in [6.07, 6.45) is 8.00. The Labute approximate surface area is 184 Å². The molecule has 172 valence electrons. The summed E-state index contributed by atoms with van der Waals surface area (Å²) in [5.41, 5.74) is 0.567. The molecule has 31 heavy (non-hydrogen) atoms. The predicted molar refractivity (Wildman–Crippen MR) is 119 cm³/mol. The highest BCUT2D eigenvalue weighted by molar-refractivity contribution is 5.95. The van der Waals surface area contributed by atoms with Crippen molar-refractivity contribution in [3.8, 4) is 11.5 Å². The van der Waals surface area contributed by atoms with Gasteiger partial charge in [0.25, 0.3) is 0 Å². The van der Waals surface area contributed by atoms with Crippen molar-refractivity contribution < 1.29 is 34.0 Å². The van der Waals surface area contributed by atoms with Gasteiger partial charge >= 0.3 is 5.97 Å². The van der Waals surface area contributed by atoms with Crippen molar-refractivity contribution in [2.45, 2.75) is 64.6 Å². The third-order valence-corrected chi connectivity index (χ3v) is 5.10. The van der Waals surface area contributed by atoms with Crippen molar-refractivity contribution in [3.05, 3.63) is 41.5 Å². The van der Waals surface area contributed by atoms with Crippen LogP contribution in [0.2, 0.25) is 0 Å². The maximum Gasteiger partial charge on any atom is 0.340 e. The fraction of sp³-hybridized carbons (Fsp3) is 0.542. The quantitative estimate of drug-likeness (QED) is 0.531. The summed E-state index contributed by atoms with van der Waals surface area (Å²) in [6, 6.07) is 3.21. The van der Waals surface area contributed by atoms with Gasteiger partial charge in [0.1, 0.15) is 17.1 Å². The van der Waals surface area contributed by atoms with Crippen LogP contribution < -0.4 is 9.47 Å². The molecule has 1 aromatic carbocycles. The summed E-state index contributed by atoms with van der Waals surface area (Å²) in [7, 11) is 2.95. The number of ether oxygens (including phenoxy) is 4. The molecule has 1 aliphatic rings. The zero-order valence-electron chi connectivity index (χ0n) is 19.1. The van der Waals surface area contributed by atoms with E-state index in [0.29, 0.717) is 24.2 Å². The molecule has 2 rings (SSSR count). The minimum atomic E-state index is -1.07. The normalized spacial score (nSPS) is 22.7. The van der Waals surface area contributed by atoms with Gasteiger partial charge in [0.15, 0.2) is 5.79 Å². The summed E-state index contributed by atoms with van der Waals surface area (Å²) in [4.78, 5) is 11.8. The average molecular weight is 435 g/mol. The Morgan fingerprint density at radius 1 is 1.19 bits per heavy atom. The Hall–Kier alpha value is -2.35. The van der Waals surface area contributed by atoms with E-state index in [2.05, 4.69) is 6.92 Å². The van der Waals surface area contributed by atoms with Crippen molar-refractivity contribution in [1.29, 1.82) is 0 Å². The monoisotopic (exact) mass is 434 g/mol. The van der Waals surface area contributed by atoms with E-state index in [1.165, 1.54) is 14.2 Å². The van der Waals surface area contributed by atoms with Crippen LogP contribution in [0.3, 0.4) is 0 Å². The standard InChI is InChI=1S/C24H34O7/c1-15(9-7-10-16(2)25)22-19(30-24(3,4)31-22)12-8-11-17-13-18(28-5)14-20(29-6)21(17)23(26)27/h7-9,11,13-16,19,22,25H,10,12H2,1-6H3,(H,26,27)/b9-7-,11-8+/t15?,16-,19-,22-/m1/s1. The summed E-state index contributed by atoms with van der Waals surface area (Å²) in [5, 5.41) is 19.1. The lowest BCUT2D eigenvalue weighted by molar-refractivity contribution is -0.148. The van der Waals surface area contributed by atoms with Crippen molar-refractivity contribution >= 4 is 12.0 Å². The van der Waals surface area contributed by atoms with Crippen LogP contribution in [0, 0.1) is 5.92 Å². The number of aliphatic hydroxyl groups excluding tert-OH is 1. The molecule has 1 aliphatic heterocycles. The van der Waals surface area contributed by atoms with Crippen LogP contribution in [0.5, 0.6) is 11.5 Å². The molecular formula is C24H34O7. The van der Waals surface area contributed by atoms with Crippen molar-refractivity contribution in [1.82, 2.24) is 0 Å². The molecule has 2 N–H and O–H groups in total. The van der Waals surface area contributed by atoms with Gasteiger partial charge in [0, 0.05) is 12.0 Å². The van der Waals surface area contributed by atoms with Crippen molar-refractivity contribution in [2.24, 2.45) is 5.92 Å². The lowest BCUT2D eigenvalue weighted by atomic mass is 9.96. The van der Waals surface area contributed by atoms with Gasteiger partial charge in [0.05, 0.1) is 32.5 Å². The van der Waals surface area contributed by atoms with Gasteiger partial charge in [-0.05, 0) is 45.2 Å². The van der Waals surface area contributed by atoms with Crippen molar-refractivity contribution in [3.63, 3.8) is 0 Å². The van der Waals surface area contributed by atoms with E-state index < -0.39 is 11.8 Å². The van der Waals surface area contributed by atoms with Gasteiger partial charge in [-0.2, -0.15) is 0 Å². The predicted octanol–water partition coefficient (Wildman–Crippen LogP) is 4.29. The average Bonchev–Trinajstić information content (AvgIpc) is 3.01. The summed E-state index contributed by atoms with van der Waals surface area (Å²) >= 11 is 0. The molecule has 4 atom stereocenters. The Kier molecular flexibility index (Phi) is 8.68. The highest BCUT2D eigenvalue weighted by Crippen LogP contribution is 2.35. The van der Waals surface area contributed by atoms with Gasteiger partial charge in [-0.3, -0.25) is 0 Å². The van der Waals surface area contributed by atoms with E-state index in [9.17, 15) is 15.0 Å². The zero-order chi connectivity index (χ0) is 23.2. The minimum absolute atomic E-state index is 0.0782. The van der Waals surface area contributed by atoms with E-state index in [1.54, 1.807) is 25.1 Å². The van der Waals surface area contributed by atoms with E-state index in [0.717, 1.165) is 0 Å². The Morgan fingerprint density at radius 3 is 2.48 bits per heavy atom. The smallest absolute Gasteiger partial charge is 0.340 e. The molecule has 1 unspecified atom stereocenters. The topological polar surface area (TPSA) is 94.5 Å². The number of carbonyl (C=O) groups is 1. The van der Waals surface area contributed by atoms with Crippen LogP contribution in [0.15, 0.2) is 30.4 Å². The SMILES string of the molecule is COc1cc(/C=C/C[C@H]2OC(C)(C)O[C@@H]2C(C)/C=C\C[C@@H](C)O)c(C(=O)O)c(OC)c1. The highest BCUT2D eigenvalue weighted by Gasteiger charge is 2.42. The van der Waals surface area contributed by atoms with Crippen LogP contribution in [0.25, 0.3) is 6.08 Å². The molecule has 0 aromatic heterocycles. The largest absolute Gasteiger partial charge is 0.497 e. The Bertz CT molecular complexity index is 810. The summed E-state index contributed by atoms with van der Waals surface area (Å²) in [5.74, 6) is -0.942. The minimum Gasteiger partial charge on any atom is -0.497 e. The number of methoxy groups -OCH3 is 2. The second kappa shape index (κ2) is 10.8. The van der Waals surface area contributed by atoms with Gasteiger partial charge in [0.2, 0.25) is 0 Å². The first-order chi connectivity index (χ1) is 14.6. The molecule has 0 aliphatic carbocycles. The van der Waals surface area contributed by atoms with E-state index in [4.69, 9.17) is 18.9 Å². The van der Waals surface area contributed by atoms with Gasteiger partial charge in [-0.15, -0.1) is 0 Å². The third kappa shape index (κ3) is 6.82. The highest BCUT2D eigenvalue weighted by atomic mass is 16.8. The Balaban J connectivity index is 2.21. The molecule has 1 heterocycles. The number of carboxylic acid groups (broad SMARTS) is 1. The van der Waals surface area contributed by atoms with E-state index in [1.807, 2.05) is 32.1 Å². The van der Waals surface area contributed by atoms with Crippen LogP contribution in [0.1, 0.15) is 56.5 Å². The van der Waals surface area contributed by atoms with Gasteiger partial charge in [-0.25, -0.2) is 4.79 Å².